The third-order valence-electron chi connectivity index (χ3n) is 7.53. The highest BCUT2D eigenvalue weighted by atomic mass is 79.9. The van der Waals surface area contributed by atoms with Gasteiger partial charge in [-0.2, -0.15) is 0 Å². The van der Waals surface area contributed by atoms with Crippen LogP contribution in [0, 0.1) is 17.3 Å². The summed E-state index contributed by atoms with van der Waals surface area (Å²) >= 11 is 4.07. The molecule has 1 N–H and O–H groups in total. The first-order valence-electron chi connectivity index (χ1n) is 10.7. The molecule has 4 aliphatic carbocycles. The molecule has 1 saturated heterocycles. The van der Waals surface area contributed by atoms with Gasteiger partial charge in [0.05, 0.1) is 0 Å². The molecule has 1 aromatic rings. The van der Waals surface area contributed by atoms with E-state index in [-0.39, 0.29) is 5.41 Å². The van der Waals surface area contributed by atoms with Crippen molar-refractivity contribution in [2.45, 2.75) is 68.3 Å². The molecule has 0 radical (unpaired) electrons. The van der Waals surface area contributed by atoms with E-state index in [0.29, 0.717) is 16.3 Å². The lowest BCUT2D eigenvalue weighted by molar-refractivity contribution is -0.128. The van der Waals surface area contributed by atoms with Crippen molar-refractivity contribution < 1.29 is 4.79 Å². The van der Waals surface area contributed by atoms with Gasteiger partial charge in [-0.3, -0.25) is 9.69 Å². The van der Waals surface area contributed by atoms with Crippen molar-refractivity contribution in [2.24, 2.45) is 17.3 Å². The second-order valence-electron chi connectivity index (χ2n) is 10.1. The number of likely N-dealkylation sites (tertiary alicyclic amines) is 1. The van der Waals surface area contributed by atoms with E-state index in [0.717, 1.165) is 44.3 Å². The van der Waals surface area contributed by atoms with Gasteiger partial charge in [0.15, 0.2) is 0 Å². The number of carbonyl (C=O) groups excluding carboxylic acids is 1. The highest BCUT2D eigenvalue weighted by molar-refractivity contribution is 9.10. The fourth-order valence-electron chi connectivity index (χ4n) is 7.10. The van der Waals surface area contributed by atoms with Crippen molar-refractivity contribution in [3.63, 3.8) is 0 Å². The second-order valence-corrected chi connectivity index (χ2v) is 11.7. The molecule has 0 spiro atoms. The fourth-order valence-corrected chi connectivity index (χ4v) is 8.61. The summed E-state index contributed by atoms with van der Waals surface area (Å²) in [6.07, 6.45) is 9.71. The molecule has 1 aromatic carbocycles. The number of hydrogen-bond acceptors (Lipinski definition) is 2. The highest BCUT2D eigenvalue weighted by Gasteiger charge is 2.57. The summed E-state index contributed by atoms with van der Waals surface area (Å²) < 4.78 is 0.344. The summed E-state index contributed by atoms with van der Waals surface area (Å²) in [5.74, 6) is 2.01. The molecule has 0 unspecified atom stereocenters. The lowest BCUT2D eigenvalue weighted by Crippen LogP contribution is -2.54. The van der Waals surface area contributed by atoms with Crippen LogP contribution in [0.1, 0.15) is 56.9 Å². The molecule has 6 rings (SSSR count). The van der Waals surface area contributed by atoms with Gasteiger partial charge in [-0.15, -0.1) is 0 Å². The van der Waals surface area contributed by atoms with Crippen LogP contribution in [0.3, 0.4) is 0 Å². The molecule has 4 saturated carbocycles. The summed E-state index contributed by atoms with van der Waals surface area (Å²) in [5, 5.41) is 3.39. The molecule has 5 aliphatic rings. The van der Waals surface area contributed by atoms with E-state index in [1.165, 1.54) is 44.1 Å². The number of rotatable bonds is 5. The average Bonchev–Trinajstić information content (AvgIpc) is 2.99. The van der Waals surface area contributed by atoms with E-state index >= 15 is 0 Å². The molecule has 1 aliphatic heterocycles. The Kier molecular flexibility index (Phi) is 4.63. The van der Waals surface area contributed by atoms with Gasteiger partial charge in [0.2, 0.25) is 5.91 Å². The summed E-state index contributed by atoms with van der Waals surface area (Å²) in [6.45, 7) is 3.06. The maximum Gasteiger partial charge on any atom is 0.220 e. The number of alkyl halides is 1. The van der Waals surface area contributed by atoms with Gasteiger partial charge in [-0.05, 0) is 67.8 Å². The number of nitrogens with one attached hydrogen (secondary N) is 1. The van der Waals surface area contributed by atoms with E-state index in [9.17, 15) is 4.79 Å². The van der Waals surface area contributed by atoms with Crippen LogP contribution < -0.4 is 5.32 Å². The van der Waals surface area contributed by atoms with Crippen LogP contribution in [0.4, 0.5) is 0 Å². The van der Waals surface area contributed by atoms with Gasteiger partial charge >= 0.3 is 0 Å². The van der Waals surface area contributed by atoms with Crippen LogP contribution in [0.5, 0.6) is 0 Å². The summed E-state index contributed by atoms with van der Waals surface area (Å²) in [7, 11) is 0. The van der Waals surface area contributed by atoms with E-state index in [4.69, 9.17) is 0 Å². The zero-order valence-corrected chi connectivity index (χ0v) is 17.7. The minimum absolute atomic E-state index is 0.278. The van der Waals surface area contributed by atoms with Crippen molar-refractivity contribution in [3.8, 4) is 0 Å². The summed E-state index contributed by atoms with van der Waals surface area (Å²) in [4.78, 5) is 15.4. The van der Waals surface area contributed by atoms with Crippen molar-refractivity contribution in [1.82, 2.24) is 10.2 Å². The Bertz CT molecular complexity index is 692. The molecule has 1 amide bonds. The minimum Gasteiger partial charge on any atom is -0.352 e. The lowest BCUT2D eigenvalue weighted by atomic mass is 9.48. The number of halogens is 1. The van der Waals surface area contributed by atoms with Gasteiger partial charge in [0, 0.05) is 36.4 Å². The zero-order valence-electron chi connectivity index (χ0n) is 16.1. The third-order valence-corrected chi connectivity index (χ3v) is 8.46. The number of hydrogen-bond donors (Lipinski definition) is 1. The predicted octanol–water partition coefficient (Wildman–Crippen LogP) is 4.50. The first kappa shape index (κ1) is 18.2. The Hall–Kier alpha value is -0.870. The summed E-state index contributed by atoms with van der Waals surface area (Å²) in [5.41, 5.74) is 1.64. The third kappa shape index (κ3) is 3.85. The lowest BCUT2D eigenvalue weighted by Gasteiger charge is -2.60. The zero-order chi connectivity index (χ0) is 18.5. The van der Waals surface area contributed by atoms with Gasteiger partial charge in [0.25, 0.3) is 0 Å². The van der Waals surface area contributed by atoms with Crippen molar-refractivity contribution in [3.05, 3.63) is 35.9 Å². The molecule has 5 fully saturated rings. The first-order valence-corrected chi connectivity index (χ1v) is 11.5. The normalized spacial score (nSPS) is 40.4. The smallest absolute Gasteiger partial charge is 0.220 e. The highest BCUT2D eigenvalue weighted by Crippen LogP contribution is 2.65. The molecule has 27 heavy (non-hydrogen) atoms. The van der Waals surface area contributed by atoms with Gasteiger partial charge in [-0.1, -0.05) is 46.3 Å². The average molecular weight is 431 g/mol. The molecule has 3 nitrogen and oxygen atoms in total. The Morgan fingerprint density at radius 3 is 2.59 bits per heavy atom. The van der Waals surface area contributed by atoms with Gasteiger partial charge < -0.3 is 5.32 Å². The fraction of sp³-hybridized carbons (Fsp3) is 0.696. The predicted molar refractivity (Wildman–Crippen MR) is 112 cm³/mol. The van der Waals surface area contributed by atoms with Crippen molar-refractivity contribution in [1.29, 1.82) is 0 Å². The monoisotopic (exact) mass is 430 g/mol. The number of amides is 1. The number of nitrogens with zero attached hydrogens (tertiary/aromatic N) is 1. The van der Waals surface area contributed by atoms with Crippen LogP contribution in [-0.4, -0.2) is 34.3 Å². The van der Waals surface area contributed by atoms with E-state index in [1.54, 1.807) is 0 Å². The van der Waals surface area contributed by atoms with Crippen LogP contribution in [0.15, 0.2) is 30.3 Å². The van der Waals surface area contributed by atoms with Crippen molar-refractivity contribution >= 4 is 21.8 Å². The Morgan fingerprint density at radius 1 is 1.15 bits per heavy atom. The molecule has 4 heteroatoms. The Morgan fingerprint density at radius 2 is 1.89 bits per heavy atom. The Labute approximate surface area is 171 Å². The van der Waals surface area contributed by atoms with Crippen LogP contribution in [-0.2, 0) is 11.3 Å². The standard InChI is InChI=1S/C23H31BrN2O/c24-23-11-18-8-19(12-23)10-22(9-18,16-23)13-21(27)25-20-6-7-26(15-20)14-17-4-2-1-3-5-17/h1-5,18-20H,6-16H2,(H,25,27)/t18-,19-,20-,22?,23?/m1/s1. The summed E-state index contributed by atoms with van der Waals surface area (Å²) in [6, 6.07) is 11.0. The molecular weight excluding hydrogens is 400 g/mol. The quantitative estimate of drug-likeness (QED) is 0.697. The first-order chi connectivity index (χ1) is 13.0. The van der Waals surface area contributed by atoms with E-state index in [1.807, 2.05) is 0 Å². The molecule has 3 atom stereocenters. The van der Waals surface area contributed by atoms with Gasteiger partial charge in [-0.25, -0.2) is 0 Å². The van der Waals surface area contributed by atoms with E-state index < -0.39 is 0 Å². The minimum atomic E-state index is 0.278. The SMILES string of the molecule is O=C(CC12C[C@H]3C[C@@H](CC(Br)(C3)C1)C2)N[C@@H]1CCN(Cc2ccccc2)C1. The topological polar surface area (TPSA) is 32.3 Å². The largest absolute Gasteiger partial charge is 0.352 e. The number of carbonyl (C=O) groups is 1. The molecule has 1 heterocycles. The molecule has 4 bridgehead atoms. The number of benzene rings is 1. The maximum absolute atomic E-state index is 12.9. The second kappa shape index (κ2) is 6.88. The molecule has 0 aromatic heterocycles. The maximum atomic E-state index is 12.9. The van der Waals surface area contributed by atoms with Crippen LogP contribution >= 0.6 is 15.9 Å². The Balaban J connectivity index is 1.15. The molecule has 146 valence electrons. The van der Waals surface area contributed by atoms with E-state index in [2.05, 4.69) is 56.5 Å². The van der Waals surface area contributed by atoms with Crippen LogP contribution in [0.2, 0.25) is 0 Å². The van der Waals surface area contributed by atoms with Crippen LogP contribution in [0.25, 0.3) is 0 Å². The van der Waals surface area contributed by atoms with Gasteiger partial charge in [0.1, 0.15) is 0 Å². The molecular formula is C23H31BrN2O. The van der Waals surface area contributed by atoms with Crippen molar-refractivity contribution in [2.75, 3.05) is 13.1 Å².